The molecule has 7 heteroatoms. The van der Waals surface area contributed by atoms with Crippen LogP contribution in [0.15, 0.2) is 83.8 Å². The van der Waals surface area contributed by atoms with Gasteiger partial charge in [-0.15, -0.1) is 0 Å². The van der Waals surface area contributed by atoms with Crippen molar-refractivity contribution in [2.75, 3.05) is 13.2 Å². The van der Waals surface area contributed by atoms with Gasteiger partial charge in [0, 0.05) is 5.56 Å². The third-order valence-corrected chi connectivity index (χ3v) is 6.39. The number of amides is 1. The summed E-state index contributed by atoms with van der Waals surface area (Å²) in [5.41, 5.74) is 1.85. The largest absolute Gasteiger partial charge is 0.489 e. The molecule has 32 heavy (non-hydrogen) atoms. The molecule has 3 aromatic carbocycles. The van der Waals surface area contributed by atoms with Gasteiger partial charge in [0.1, 0.15) is 29.0 Å². The van der Waals surface area contributed by atoms with Gasteiger partial charge in [0.2, 0.25) is 0 Å². The molecule has 0 unspecified atom stereocenters. The maximum Gasteiger partial charge on any atom is 0.266 e. The Labute approximate surface area is 201 Å². The predicted molar refractivity (Wildman–Crippen MR) is 134 cm³/mol. The minimum Gasteiger partial charge on any atom is -0.489 e. The van der Waals surface area contributed by atoms with Gasteiger partial charge < -0.3 is 9.47 Å². The minimum absolute atomic E-state index is 0.0966. The first-order valence-corrected chi connectivity index (χ1v) is 11.6. The van der Waals surface area contributed by atoms with E-state index in [-0.39, 0.29) is 5.91 Å². The molecule has 0 saturated carbocycles. The van der Waals surface area contributed by atoms with Crippen LogP contribution in [0.4, 0.5) is 0 Å². The summed E-state index contributed by atoms with van der Waals surface area (Å²) in [4.78, 5) is 15.2. The van der Waals surface area contributed by atoms with Crippen LogP contribution in [0.1, 0.15) is 11.1 Å². The maximum atomic E-state index is 13.0. The molecule has 1 aliphatic rings. The third kappa shape index (κ3) is 5.51. The van der Waals surface area contributed by atoms with Gasteiger partial charge in [0.15, 0.2) is 0 Å². The quantitative estimate of drug-likeness (QED) is 0.217. The second kappa shape index (κ2) is 10.7. The number of ether oxygens (including phenoxy) is 2. The number of carbonyl (C=O) groups excluding carboxylic acids is 1. The summed E-state index contributed by atoms with van der Waals surface area (Å²) in [6.45, 7) is 1.14. The Bertz CT molecular complexity index is 1150. The fraction of sp³-hybridized carbons (Fsp3) is 0.120. The Morgan fingerprint density at radius 3 is 2.25 bits per heavy atom. The van der Waals surface area contributed by atoms with Crippen molar-refractivity contribution >= 4 is 51.9 Å². The molecule has 0 aliphatic carbocycles. The number of thiocarbonyl (C=S) groups is 1. The zero-order valence-corrected chi connectivity index (χ0v) is 19.5. The lowest BCUT2D eigenvalue weighted by Crippen LogP contribution is -2.27. The number of nitrogens with zero attached hydrogens (tertiary/aromatic N) is 1. The summed E-state index contributed by atoms with van der Waals surface area (Å²) in [5, 5.41) is 0.561. The Balaban J connectivity index is 1.41. The van der Waals surface area contributed by atoms with E-state index in [0.29, 0.717) is 45.5 Å². The highest BCUT2D eigenvalue weighted by molar-refractivity contribution is 8.26. The topological polar surface area (TPSA) is 38.8 Å². The summed E-state index contributed by atoms with van der Waals surface area (Å²) >= 11 is 12.9. The second-order valence-corrected chi connectivity index (χ2v) is 9.00. The van der Waals surface area contributed by atoms with Gasteiger partial charge >= 0.3 is 0 Å². The number of para-hydroxylation sites is 2. The van der Waals surface area contributed by atoms with Crippen LogP contribution in [-0.4, -0.2) is 28.3 Å². The molecule has 0 N–H and O–H groups in total. The van der Waals surface area contributed by atoms with Crippen molar-refractivity contribution in [1.29, 1.82) is 0 Å². The van der Waals surface area contributed by atoms with Gasteiger partial charge in [-0.3, -0.25) is 9.69 Å². The standard InChI is InChI=1S/C25H20ClNO3S2/c26-20-11-5-7-13-22(20)30-15-14-29-21-12-6-4-10-19(21)16-23-24(28)27(25(31)32-23)17-18-8-2-1-3-9-18/h1-13,16H,14-15,17H2/b23-16-. The average Bonchev–Trinajstić information content (AvgIpc) is 3.07. The van der Waals surface area contributed by atoms with E-state index in [0.717, 1.165) is 11.1 Å². The summed E-state index contributed by atoms with van der Waals surface area (Å²) in [5.74, 6) is 1.19. The van der Waals surface area contributed by atoms with Crippen LogP contribution < -0.4 is 9.47 Å². The highest BCUT2D eigenvalue weighted by Gasteiger charge is 2.32. The molecule has 162 valence electrons. The Kier molecular flexibility index (Phi) is 7.47. The molecule has 1 heterocycles. The van der Waals surface area contributed by atoms with Gasteiger partial charge in [-0.25, -0.2) is 0 Å². The Morgan fingerprint density at radius 1 is 0.875 bits per heavy atom. The smallest absolute Gasteiger partial charge is 0.266 e. The van der Waals surface area contributed by atoms with E-state index in [9.17, 15) is 4.79 Å². The Morgan fingerprint density at radius 2 is 1.50 bits per heavy atom. The van der Waals surface area contributed by atoms with E-state index < -0.39 is 0 Å². The number of carbonyl (C=O) groups is 1. The molecule has 0 aromatic heterocycles. The number of halogens is 1. The fourth-order valence-corrected chi connectivity index (χ4v) is 4.58. The molecular weight excluding hydrogens is 462 g/mol. The van der Waals surface area contributed by atoms with E-state index in [1.807, 2.05) is 78.9 Å². The molecule has 0 radical (unpaired) electrons. The summed E-state index contributed by atoms with van der Waals surface area (Å²) in [6, 6.07) is 24.7. The average molecular weight is 482 g/mol. The van der Waals surface area contributed by atoms with Crippen molar-refractivity contribution in [3.63, 3.8) is 0 Å². The molecule has 1 amide bonds. The van der Waals surface area contributed by atoms with E-state index in [2.05, 4.69) is 0 Å². The predicted octanol–water partition coefficient (Wildman–Crippen LogP) is 6.20. The van der Waals surface area contributed by atoms with Crippen molar-refractivity contribution in [2.45, 2.75) is 6.54 Å². The van der Waals surface area contributed by atoms with Gasteiger partial charge in [-0.05, 0) is 29.8 Å². The first-order valence-electron chi connectivity index (χ1n) is 10.0. The summed E-state index contributed by atoms with van der Waals surface area (Å²) < 4.78 is 12.1. The first-order chi connectivity index (χ1) is 15.6. The van der Waals surface area contributed by atoms with Gasteiger partial charge in [-0.1, -0.05) is 96.2 Å². The molecule has 4 rings (SSSR count). The fourth-order valence-electron chi connectivity index (χ4n) is 3.14. The molecule has 1 saturated heterocycles. The Hall–Kier alpha value is -2.80. The number of thioether (sulfide) groups is 1. The number of hydrogen-bond acceptors (Lipinski definition) is 5. The van der Waals surface area contributed by atoms with Crippen LogP contribution in [0.25, 0.3) is 6.08 Å². The lowest BCUT2D eigenvalue weighted by Gasteiger charge is -2.14. The van der Waals surface area contributed by atoms with Crippen LogP contribution in [0, 0.1) is 0 Å². The normalized spacial score (nSPS) is 14.8. The monoisotopic (exact) mass is 481 g/mol. The molecule has 1 fully saturated rings. The van der Waals surface area contributed by atoms with E-state index in [4.69, 9.17) is 33.3 Å². The molecule has 1 aliphatic heterocycles. The van der Waals surface area contributed by atoms with Crippen LogP contribution in [0.5, 0.6) is 11.5 Å². The zero-order valence-electron chi connectivity index (χ0n) is 17.1. The summed E-state index contributed by atoms with van der Waals surface area (Å²) in [7, 11) is 0. The van der Waals surface area contributed by atoms with Crippen LogP contribution >= 0.6 is 35.6 Å². The van der Waals surface area contributed by atoms with Crippen molar-refractivity contribution < 1.29 is 14.3 Å². The summed E-state index contributed by atoms with van der Waals surface area (Å²) in [6.07, 6.45) is 1.83. The molecule has 0 bridgehead atoms. The molecule has 0 atom stereocenters. The van der Waals surface area contributed by atoms with E-state index in [1.165, 1.54) is 11.8 Å². The maximum absolute atomic E-state index is 13.0. The lowest BCUT2D eigenvalue weighted by molar-refractivity contribution is -0.122. The number of hydrogen-bond donors (Lipinski definition) is 0. The highest BCUT2D eigenvalue weighted by Crippen LogP contribution is 2.35. The van der Waals surface area contributed by atoms with Gasteiger partial charge in [-0.2, -0.15) is 0 Å². The van der Waals surface area contributed by atoms with Crippen molar-refractivity contribution in [2.24, 2.45) is 0 Å². The highest BCUT2D eigenvalue weighted by atomic mass is 35.5. The number of rotatable bonds is 8. The van der Waals surface area contributed by atoms with Crippen LogP contribution in [0.2, 0.25) is 5.02 Å². The van der Waals surface area contributed by atoms with E-state index in [1.54, 1.807) is 11.0 Å². The van der Waals surface area contributed by atoms with E-state index >= 15 is 0 Å². The molecular formula is C25H20ClNO3S2. The first kappa shape index (κ1) is 22.4. The zero-order chi connectivity index (χ0) is 22.3. The van der Waals surface area contributed by atoms with Crippen molar-refractivity contribution in [3.05, 3.63) is 99.9 Å². The minimum atomic E-state index is -0.0966. The third-order valence-electron chi connectivity index (χ3n) is 4.70. The molecule has 0 spiro atoms. The SMILES string of the molecule is O=C1/C(=C/c2ccccc2OCCOc2ccccc2Cl)SC(=S)N1Cc1ccccc1. The van der Waals surface area contributed by atoms with Crippen molar-refractivity contribution in [1.82, 2.24) is 4.90 Å². The van der Waals surface area contributed by atoms with Crippen molar-refractivity contribution in [3.8, 4) is 11.5 Å². The number of benzene rings is 3. The lowest BCUT2D eigenvalue weighted by atomic mass is 10.1. The molecule has 3 aromatic rings. The van der Waals surface area contributed by atoms with Crippen LogP contribution in [0.3, 0.4) is 0 Å². The second-order valence-electron chi connectivity index (χ2n) is 6.92. The van der Waals surface area contributed by atoms with Gasteiger partial charge in [0.25, 0.3) is 5.91 Å². The molecule has 4 nitrogen and oxygen atoms in total. The van der Waals surface area contributed by atoms with Crippen LogP contribution in [-0.2, 0) is 11.3 Å². The van der Waals surface area contributed by atoms with Gasteiger partial charge in [0.05, 0.1) is 16.5 Å².